The van der Waals surface area contributed by atoms with E-state index in [4.69, 9.17) is 27.6 Å². The number of non-ortho nitro benzene ring substituents is 1. The number of rotatable bonds is 5. The van der Waals surface area contributed by atoms with E-state index in [2.05, 4.69) is 15.9 Å². The van der Waals surface area contributed by atoms with Gasteiger partial charge in [-0.15, -0.1) is 0 Å². The van der Waals surface area contributed by atoms with Gasteiger partial charge in [0, 0.05) is 28.2 Å². The fourth-order valence-corrected chi connectivity index (χ4v) is 4.68. The molecule has 1 saturated heterocycles. The lowest BCUT2D eigenvalue weighted by Gasteiger charge is -2.12. The van der Waals surface area contributed by atoms with Crippen molar-refractivity contribution in [1.29, 1.82) is 0 Å². The Morgan fingerprint density at radius 1 is 1.09 bits per heavy atom. The first-order valence-corrected chi connectivity index (χ1v) is 11.3. The van der Waals surface area contributed by atoms with Gasteiger partial charge in [0.1, 0.15) is 11.5 Å². The number of carbonyl (C=O) groups is 2. The molecule has 1 aliphatic heterocycles. The first kappa shape index (κ1) is 22.6. The topological polar surface area (TPSA) is 93.7 Å². The Bertz CT molecular complexity index is 1310. The van der Waals surface area contributed by atoms with Gasteiger partial charge in [-0.1, -0.05) is 29.3 Å². The van der Waals surface area contributed by atoms with Crippen molar-refractivity contribution < 1.29 is 18.9 Å². The number of nitro groups is 1. The Labute approximate surface area is 204 Å². The predicted molar refractivity (Wildman–Crippen MR) is 126 cm³/mol. The Kier molecular flexibility index (Phi) is 6.43. The maximum atomic E-state index is 12.8. The third-order valence-corrected chi connectivity index (χ3v) is 6.83. The number of hydrogen-bond donors (Lipinski definition) is 0. The van der Waals surface area contributed by atoms with Crippen LogP contribution in [0.3, 0.4) is 0 Å². The third-order valence-electron chi connectivity index (χ3n) is 4.53. The van der Waals surface area contributed by atoms with E-state index in [-0.39, 0.29) is 17.1 Å². The largest absolute Gasteiger partial charge is 0.457 e. The molecule has 1 fully saturated rings. The smallest absolute Gasteiger partial charge is 0.293 e. The van der Waals surface area contributed by atoms with Gasteiger partial charge < -0.3 is 4.42 Å². The van der Waals surface area contributed by atoms with Crippen molar-refractivity contribution in [2.75, 3.05) is 0 Å². The van der Waals surface area contributed by atoms with E-state index >= 15 is 0 Å². The summed E-state index contributed by atoms with van der Waals surface area (Å²) in [5.74, 6) is 0.374. The van der Waals surface area contributed by atoms with E-state index in [1.807, 2.05) is 0 Å². The molecule has 0 saturated carbocycles. The fourth-order valence-electron chi connectivity index (χ4n) is 2.98. The zero-order chi connectivity index (χ0) is 23.0. The lowest BCUT2D eigenvalue weighted by Crippen LogP contribution is -2.27. The molecule has 32 heavy (non-hydrogen) atoms. The molecular weight excluding hydrogens is 543 g/mol. The minimum atomic E-state index is -0.490. The van der Waals surface area contributed by atoms with Crippen molar-refractivity contribution in [3.8, 4) is 11.3 Å². The SMILES string of the molecule is O=C1S/C(=C\c2ccc(-c3ccc([N+](=O)[O-])cc3Br)o2)C(=O)N1Cc1ccc(Cl)c(Cl)c1. The number of nitro benzene ring substituents is 1. The van der Waals surface area contributed by atoms with E-state index < -0.39 is 16.1 Å². The monoisotopic (exact) mass is 552 g/mol. The molecule has 0 radical (unpaired) electrons. The lowest BCUT2D eigenvalue weighted by atomic mass is 10.1. The summed E-state index contributed by atoms with van der Waals surface area (Å²) in [6, 6.07) is 12.6. The highest BCUT2D eigenvalue weighted by molar-refractivity contribution is 9.10. The van der Waals surface area contributed by atoms with Crippen LogP contribution >= 0.6 is 50.9 Å². The highest BCUT2D eigenvalue weighted by atomic mass is 79.9. The molecule has 3 aromatic rings. The molecule has 1 aromatic heterocycles. The summed E-state index contributed by atoms with van der Waals surface area (Å²) in [5.41, 5.74) is 1.23. The van der Waals surface area contributed by atoms with Gasteiger partial charge >= 0.3 is 0 Å². The van der Waals surface area contributed by atoms with Gasteiger partial charge in [0.05, 0.1) is 26.4 Å². The summed E-state index contributed by atoms with van der Waals surface area (Å²) in [5, 5.41) is 11.2. The van der Waals surface area contributed by atoms with Gasteiger partial charge in [0.2, 0.25) is 0 Å². The average Bonchev–Trinajstić information content (AvgIpc) is 3.30. The average molecular weight is 554 g/mol. The number of imide groups is 1. The van der Waals surface area contributed by atoms with Gasteiger partial charge in [-0.25, -0.2) is 0 Å². The van der Waals surface area contributed by atoms with E-state index in [1.165, 1.54) is 18.2 Å². The van der Waals surface area contributed by atoms with Gasteiger partial charge in [0.25, 0.3) is 16.8 Å². The fraction of sp³-hybridized carbons (Fsp3) is 0.0476. The standard InChI is InChI=1S/C21H11BrCl2N2O5S/c22-15-8-12(26(29)30)2-4-14(15)18-6-3-13(31-18)9-19-20(27)25(21(28)32-19)10-11-1-5-16(23)17(24)7-11/h1-9H,10H2/b19-9-. The molecule has 0 bridgehead atoms. The second-order valence-electron chi connectivity index (χ2n) is 6.64. The van der Waals surface area contributed by atoms with Gasteiger partial charge in [-0.3, -0.25) is 24.6 Å². The molecule has 4 rings (SSSR count). The molecule has 1 aliphatic rings. The summed E-state index contributed by atoms with van der Waals surface area (Å²) in [7, 11) is 0. The van der Waals surface area contributed by atoms with Crippen molar-refractivity contribution in [2.24, 2.45) is 0 Å². The summed E-state index contributed by atoms with van der Waals surface area (Å²) >= 11 is 16.0. The number of thioether (sulfide) groups is 1. The van der Waals surface area contributed by atoms with Crippen molar-refractivity contribution in [1.82, 2.24) is 4.90 Å². The van der Waals surface area contributed by atoms with Crippen molar-refractivity contribution in [2.45, 2.75) is 6.54 Å². The molecule has 11 heteroatoms. The summed E-state index contributed by atoms with van der Waals surface area (Å²) < 4.78 is 6.27. The van der Waals surface area contributed by atoms with Crippen LogP contribution in [0.15, 0.2) is 62.3 Å². The Morgan fingerprint density at radius 2 is 1.88 bits per heavy atom. The molecule has 7 nitrogen and oxygen atoms in total. The number of halogens is 3. The Morgan fingerprint density at radius 3 is 2.56 bits per heavy atom. The molecule has 162 valence electrons. The van der Waals surface area contributed by atoms with Crippen LogP contribution in [0.1, 0.15) is 11.3 Å². The predicted octanol–water partition coefficient (Wildman–Crippen LogP) is 7.16. The molecule has 0 N–H and O–H groups in total. The highest BCUT2D eigenvalue weighted by Gasteiger charge is 2.35. The Hall–Kier alpha value is -2.59. The quantitative estimate of drug-likeness (QED) is 0.189. The van der Waals surface area contributed by atoms with E-state index in [9.17, 15) is 19.7 Å². The normalized spacial score (nSPS) is 15.1. The first-order valence-electron chi connectivity index (χ1n) is 8.96. The number of amides is 2. The number of nitrogens with zero attached hydrogens (tertiary/aromatic N) is 2. The van der Waals surface area contributed by atoms with Gasteiger partial charge in [-0.05, 0) is 63.6 Å². The van der Waals surface area contributed by atoms with Crippen LogP contribution in [-0.4, -0.2) is 21.0 Å². The maximum Gasteiger partial charge on any atom is 0.293 e. The zero-order valence-electron chi connectivity index (χ0n) is 15.9. The van der Waals surface area contributed by atoms with Crippen LogP contribution in [0.5, 0.6) is 0 Å². The van der Waals surface area contributed by atoms with Crippen molar-refractivity contribution >= 4 is 73.8 Å². The van der Waals surface area contributed by atoms with Crippen molar-refractivity contribution in [3.05, 3.63) is 89.4 Å². The summed E-state index contributed by atoms with van der Waals surface area (Å²) in [4.78, 5) is 36.9. The molecular formula is C21H11BrCl2N2O5S. The first-order chi connectivity index (χ1) is 15.2. The van der Waals surface area contributed by atoms with Crippen LogP contribution in [0.4, 0.5) is 10.5 Å². The van der Waals surface area contributed by atoms with Crippen LogP contribution in [0.2, 0.25) is 10.0 Å². The second kappa shape index (κ2) is 9.11. The summed E-state index contributed by atoms with van der Waals surface area (Å²) in [6.07, 6.45) is 1.49. The number of hydrogen-bond acceptors (Lipinski definition) is 6. The molecule has 2 aromatic carbocycles. The molecule has 0 unspecified atom stereocenters. The Balaban J connectivity index is 1.54. The van der Waals surface area contributed by atoms with E-state index in [0.29, 0.717) is 37.2 Å². The molecule has 0 atom stereocenters. The highest BCUT2D eigenvalue weighted by Crippen LogP contribution is 2.36. The lowest BCUT2D eigenvalue weighted by molar-refractivity contribution is -0.384. The maximum absolute atomic E-state index is 12.8. The van der Waals surface area contributed by atoms with Gasteiger partial charge in [0.15, 0.2) is 0 Å². The molecule has 2 heterocycles. The van der Waals surface area contributed by atoms with Crippen molar-refractivity contribution in [3.63, 3.8) is 0 Å². The van der Waals surface area contributed by atoms with Crippen LogP contribution in [0.25, 0.3) is 17.4 Å². The van der Waals surface area contributed by atoms with Crippen LogP contribution < -0.4 is 0 Å². The van der Waals surface area contributed by atoms with E-state index in [1.54, 1.807) is 36.4 Å². The van der Waals surface area contributed by atoms with Gasteiger partial charge in [-0.2, -0.15) is 0 Å². The van der Waals surface area contributed by atoms with Crippen LogP contribution in [0, 0.1) is 10.1 Å². The minimum Gasteiger partial charge on any atom is -0.457 e. The second-order valence-corrected chi connectivity index (χ2v) is 9.30. The minimum absolute atomic E-state index is 0.0527. The summed E-state index contributed by atoms with van der Waals surface area (Å²) in [6.45, 7) is 0.0675. The number of benzene rings is 2. The number of furan rings is 1. The molecule has 0 aliphatic carbocycles. The van der Waals surface area contributed by atoms with E-state index in [0.717, 1.165) is 16.7 Å². The number of carbonyl (C=O) groups excluding carboxylic acids is 2. The zero-order valence-corrected chi connectivity index (χ0v) is 19.8. The van der Waals surface area contributed by atoms with Crippen LogP contribution in [-0.2, 0) is 11.3 Å². The molecule has 0 spiro atoms. The third kappa shape index (κ3) is 4.61. The molecule has 2 amide bonds.